The molecule has 4 rings (SSSR count). The van der Waals surface area contributed by atoms with E-state index >= 15 is 0 Å². The SMILES string of the molecule is NCCCN(CCNCCc1ccc(Cl)cc1)CC1OC(n2cnc3c(N)ncnc32)[C@H](O)[C@@H]1O. The van der Waals surface area contributed by atoms with Crippen molar-refractivity contribution in [1.29, 1.82) is 0 Å². The van der Waals surface area contributed by atoms with Crippen LogP contribution < -0.4 is 16.8 Å². The Morgan fingerprint density at radius 1 is 1.09 bits per heavy atom. The zero-order valence-electron chi connectivity index (χ0n) is 19.5. The van der Waals surface area contributed by atoms with E-state index in [4.69, 9.17) is 27.8 Å². The Morgan fingerprint density at radius 2 is 1.89 bits per heavy atom. The van der Waals surface area contributed by atoms with E-state index in [-0.39, 0.29) is 5.82 Å². The highest BCUT2D eigenvalue weighted by Crippen LogP contribution is 2.32. The molecule has 0 radical (unpaired) electrons. The second-order valence-corrected chi connectivity index (χ2v) is 9.13. The van der Waals surface area contributed by atoms with E-state index in [9.17, 15) is 10.2 Å². The first-order chi connectivity index (χ1) is 17.0. The summed E-state index contributed by atoms with van der Waals surface area (Å²) in [5, 5.41) is 25.7. The zero-order chi connectivity index (χ0) is 24.8. The van der Waals surface area contributed by atoms with Crippen LogP contribution in [0.2, 0.25) is 5.02 Å². The van der Waals surface area contributed by atoms with Gasteiger partial charge in [0.1, 0.15) is 30.2 Å². The average molecular weight is 505 g/mol. The number of benzene rings is 1. The van der Waals surface area contributed by atoms with Crippen molar-refractivity contribution in [3.63, 3.8) is 0 Å². The Balaban J connectivity index is 1.32. The number of anilines is 1. The minimum absolute atomic E-state index is 0.245. The lowest BCUT2D eigenvalue weighted by atomic mass is 10.1. The van der Waals surface area contributed by atoms with Gasteiger partial charge in [0.2, 0.25) is 0 Å². The van der Waals surface area contributed by atoms with E-state index in [0.29, 0.717) is 24.3 Å². The number of halogens is 1. The molecule has 7 N–H and O–H groups in total. The largest absolute Gasteiger partial charge is 0.387 e. The van der Waals surface area contributed by atoms with Gasteiger partial charge < -0.3 is 31.7 Å². The quantitative estimate of drug-likeness (QED) is 0.215. The van der Waals surface area contributed by atoms with E-state index in [0.717, 1.165) is 44.0 Å². The topological polar surface area (TPSA) is 161 Å². The minimum Gasteiger partial charge on any atom is -0.387 e. The van der Waals surface area contributed by atoms with Crippen LogP contribution in [0.3, 0.4) is 0 Å². The van der Waals surface area contributed by atoms with Gasteiger partial charge in [-0.2, -0.15) is 0 Å². The van der Waals surface area contributed by atoms with Gasteiger partial charge in [0, 0.05) is 24.7 Å². The molecule has 2 aromatic heterocycles. The summed E-state index contributed by atoms with van der Waals surface area (Å²) < 4.78 is 7.69. The lowest BCUT2D eigenvalue weighted by Crippen LogP contribution is -2.43. The van der Waals surface area contributed by atoms with Gasteiger partial charge in [0.25, 0.3) is 0 Å². The number of ether oxygens (including phenoxy) is 1. The highest BCUT2D eigenvalue weighted by molar-refractivity contribution is 6.30. The molecule has 1 aliphatic heterocycles. The number of nitrogen functional groups attached to an aromatic ring is 1. The van der Waals surface area contributed by atoms with Crippen LogP contribution in [0.1, 0.15) is 18.2 Å². The van der Waals surface area contributed by atoms with Crippen LogP contribution >= 0.6 is 11.6 Å². The molecule has 3 aromatic rings. The molecule has 0 bridgehead atoms. The molecule has 1 saturated heterocycles. The second-order valence-electron chi connectivity index (χ2n) is 8.70. The summed E-state index contributed by atoms with van der Waals surface area (Å²) >= 11 is 5.94. The van der Waals surface area contributed by atoms with Crippen molar-refractivity contribution in [3.8, 4) is 0 Å². The number of nitrogens with one attached hydrogen (secondary N) is 1. The first-order valence-electron chi connectivity index (χ1n) is 11.8. The number of fused-ring (bicyclic) bond motifs is 1. The summed E-state index contributed by atoms with van der Waals surface area (Å²) in [6.07, 6.45) is 0.946. The molecule has 190 valence electrons. The van der Waals surface area contributed by atoms with Crippen LogP contribution in [0.25, 0.3) is 11.2 Å². The fraction of sp³-hybridized carbons (Fsp3) is 0.522. The van der Waals surface area contributed by atoms with Crippen LogP contribution in [-0.4, -0.2) is 92.2 Å². The standard InChI is InChI=1S/C23H33ClN8O3/c24-16-4-2-15(3-5-16)6-8-27-9-11-31(10-1-7-25)12-17-19(33)20(34)23(35-17)32-14-30-18-21(26)28-13-29-22(18)32/h2-5,13-14,17,19-20,23,27,33-34H,1,6-12,25H2,(H2,26,28,29)/t17?,19-,20-,23?/m1/s1. The number of aliphatic hydroxyl groups is 2. The number of imidazole rings is 1. The molecule has 1 aromatic carbocycles. The van der Waals surface area contributed by atoms with E-state index < -0.39 is 24.5 Å². The summed E-state index contributed by atoms with van der Waals surface area (Å²) in [4.78, 5) is 14.6. The van der Waals surface area contributed by atoms with Gasteiger partial charge in [-0.1, -0.05) is 23.7 Å². The summed E-state index contributed by atoms with van der Waals surface area (Å²) in [6, 6.07) is 7.85. The highest BCUT2D eigenvalue weighted by atomic mass is 35.5. The molecular weight excluding hydrogens is 472 g/mol. The Labute approximate surface area is 209 Å². The number of nitrogens with zero attached hydrogens (tertiary/aromatic N) is 5. The summed E-state index contributed by atoms with van der Waals surface area (Å²) in [5.74, 6) is 0.245. The monoisotopic (exact) mass is 504 g/mol. The molecule has 3 heterocycles. The third-order valence-corrected chi connectivity index (χ3v) is 6.48. The Kier molecular flexibility index (Phi) is 8.84. The van der Waals surface area contributed by atoms with Gasteiger partial charge >= 0.3 is 0 Å². The molecule has 12 heteroatoms. The average Bonchev–Trinajstić information content (AvgIpc) is 3.40. The van der Waals surface area contributed by atoms with Crippen LogP contribution in [-0.2, 0) is 11.2 Å². The second kappa shape index (κ2) is 12.0. The molecule has 0 amide bonds. The molecule has 4 atom stereocenters. The number of nitrogens with two attached hydrogens (primary N) is 2. The summed E-state index contributed by atoms with van der Waals surface area (Å²) in [6.45, 7) is 4.16. The van der Waals surface area contributed by atoms with E-state index in [1.807, 2.05) is 24.3 Å². The van der Waals surface area contributed by atoms with Crippen molar-refractivity contribution in [1.82, 2.24) is 29.7 Å². The van der Waals surface area contributed by atoms with E-state index in [1.165, 1.54) is 18.2 Å². The predicted molar refractivity (Wildman–Crippen MR) is 134 cm³/mol. The van der Waals surface area contributed by atoms with Crippen molar-refractivity contribution in [2.24, 2.45) is 5.73 Å². The zero-order valence-corrected chi connectivity index (χ0v) is 20.3. The number of rotatable bonds is 12. The predicted octanol–water partition coefficient (Wildman–Crippen LogP) is 0.164. The van der Waals surface area contributed by atoms with Gasteiger partial charge in [-0.15, -0.1) is 0 Å². The summed E-state index contributed by atoms with van der Waals surface area (Å²) in [7, 11) is 0. The molecule has 0 aliphatic carbocycles. The third kappa shape index (κ3) is 6.25. The normalized spacial score (nSPS) is 22.4. The smallest absolute Gasteiger partial charge is 0.167 e. The van der Waals surface area contributed by atoms with Gasteiger partial charge in [-0.05, 0) is 50.2 Å². The van der Waals surface area contributed by atoms with Crippen LogP contribution in [0.4, 0.5) is 5.82 Å². The number of hydrogen-bond acceptors (Lipinski definition) is 10. The maximum Gasteiger partial charge on any atom is 0.167 e. The minimum atomic E-state index is -1.14. The number of aliphatic hydroxyl groups excluding tert-OH is 2. The molecule has 2 unspecified atom stereocenters. The molecule has 0 saturated carbocycles. The van der Waals surface area contributed by atoms with Crippen molar-refractivity contribution in [2.45, 2.75) is 37.4 Å². The molecule has 11 nitrogen and oxygen atoms in total. The van der Waals surface area contributed by atoms with Gasteiger partial charge in [-0.3, -0.25) is 9.47 Å². The fourth-order valence-electron chi connectivity index (χ4n) is 4.28. The fourth-order valence-corrected chi connectivity index (χ4v) is 4.40. The lowest BCUT2D eigenvalue weighted by Gasteiger charge is -2.26. The maximum absolute atomic E-state index is 10.7. The van der Waals surface area contributed by atoms with E-state index in [2.05, 4.69) is 25.2 Å². The lowest BCUT2D eigenvalue weighted by molar-refractivity contribution is -0.0440. The number of hydrogen-bond donors (Lipinski definition) is 5. The molecule has 35 heavy (non-hydrogen) atoms. The molecule has 1 fully saturated rings. The van der Waals surface area contributed by atoms with Crippen LogP contribution in [0, 0.1) is 0 Å². The number of aromatic nitrogens is 4. The van der Waals surface area contributed by atoms with Gasteiger partial charge in [0.05, 0.1) is 6.33 Å². The molecule has 1 aliphatic rings. The Hall–Kier alpha value is -2.38. The highest BCUT2D eigenvalue weighted by Gasteiger charge is 2.44. The third-order valence-electron chi connectivity index (χ3n) is 6.22. The summed E-state index contributed by atoms with van der Waals surface area (Å²) in [5.41, 5.74) is 13.7. The van der Waals surface area contributed by atoms with Gasteiger partial charge in [-0.25, -0.2) is 15.0 Å². The first kappa shape index (κ1) is 25.7. The van der Waals surface area contributed by atoms with Crippen molar-refractivity contribution >= 4 is 28.6 Å². The molecular formula is C23H33ClN8O3. The Bertz CT molecular complexity index is 1080. The molecule has 0 spiro atoms. The Morgan fingerprint density at radius 3 is 2.66 bits per heavy atom. The van der Waals surface area contributed by atoms with Crippen molar-refractivity contribution in [2.75, 3.05) is 45.0 Å². The van der Waals surface area contributed by atoms with Crippen LogP contribution in [0.5, 0.6) is 0 Å². The van der Waals surface area contributed by atoms with E-state index in [1.54, 1.807) is 4.57 Å². The van der Waals surface area contributed by atoms with Gasteiger partial charge in [0.15, 0.2) is 17.7 Å². The first-order valence-corrected chi connectivity index (χ1v) is 12.2. The van der Waals surface area contributed by atoms with Crippen LogP contribution in [0.15, 0.2) is 36.9 Å². The van der Waals surface area contributed by atoms with Crippen molar-refractivity contribution in [3.05, 3.63) is 47.5 Å². The maximum atomic E-state index is 10.7. The van der Waals surface area contributed by atoms with Crippen molar-refractivity contribution < 1.29 is 14.9 Å².